The molecule has 7 nitrogen and oxygen atoms in total. The van der Waals surface area contributed by atoms with E-state index >= 15 is 0 Å². The first-order valence-corrected chi connectivity index (χ1v) is 11.9. The second-order valence-corrected chi connectivity index (χ2v) is 9.00. The summed E-state index contributed by atoms with van der Waals surface area (Å²) in [7, 11) is 0. The lowest BCUT2D eigenvalue weighted by atomic mass is 10.1. The Balaban J connectivity index is 1.25. The van der Waals surface area contributed by atoms with Crippen LogP contribution in [0, 0.1) is 20.8 Å². The highest BCUT2D eigenvalue weighted by molar-refractivity contribution is 7.13. The Morgan fingerprint density at radius 1 is 0.971 bits per heavy atom. The molecular formula is C27H23N5O2S. The average Bonchev–Trinajstić information content (AvgIpc) is 3.51. The van der Waals surface area contributed by atoms with Crippen LogP contribution < -0.4 is 10.1 Å². The van der Waals surface area contributed by atoms with E-state index in [1.807, 2.05) is 56.5 Å². The summed E-state index contributed by atoms with van der Waals surface area (Å²) in [5.74, 6) is 1.47. The molecule has 5 aromatic rings. The van der Waals surface area contributed by atoms with Crippen LogP contribution >= 0.6 is 11.3 Å². The van der Waals surface area contributed by atoms with Crippen molar-refractivity contribution in [2.45, 2.75) is 20.8 Å². The smallest absolute Gasteiger partial charge is 0.255 e. The molecule has 3 aromatic heterocycles. The molecule has 174 valence electrons. The molecule has 5 rings (SSSR count). The second kappa shape index (κ2) is 9.52. The molecule has 0 atom stereocenters. The van der Waals surface area contributed by atoms with Gasteiger partial charge in [-0.15, -0.1) is 11.3 Å². The quantitative estimate of drug-likeness (QED) is 0.305. The molecule has 0 radical (unpaired) electrons. The number of nitrogens with zero attached hydrogens (tertiary/aromatic N) is 4. The highest BCUT2D eigenvalue weighted by Crippen LogP contribution is 2.26. The normalized spacial score (nSPS) is 10.8. The molecule has 1 amide bonds. The number of amides is 1. The molecule has 0 spiro atoms. The summed E-state index contributed by atoms with van der Waals surface area (Å²) in [5, 5.41) is 9.50. The summed E-state index contributed by atoms with van der Waals surface area (Å²) in [4.78, 5) is 22.4. The minimum atomic E-state index is -0.169. The number of hydrogen-bond acceptors (Lipinski definition) is 6. The number of hydrogen-bond donors (Lipinski definition) is 1. The first-order chi connectivity index (χ1) is 17.0. The van der Waals surface area contributed by atoms with Gasteiger partial charge in [0.2, 0.25) is 5.88 Å². The second-order valence-electron chi connectivity index (χ2n) is 8.06. The zero-order valence-corrected chi connectivity index (χ0v) is 20.3. The maximum atomic E-state index is 12.6. The Kier molecular flexibility index (Phi) is 6.12. The van der Waals surface area contributed by atoms with E-state index in [1.165, 1.54) is 11.2 Å². The third-order valence-electron chi connectivity index (χ3n) is 5.79. The molecule has 0 aliphatic heterocycles. The van der Waals surface area contributed by atoms with Crippen molar-refractivity contribution >= 4 is 22.9 Å². The standard InChI is InChI=1S/C27H23N5O2S/c1-17-18(2)31-32(19(17)3)25-15-26(29-16-28-25)34-23-12-10-22(11-13-23)30-27(33)21-8-6-20(7-9-21)24-5-4-14-35-24/h4-16H,1-3H3,(H,30,33). The maximum absolute atomic E-state index is 12.6. The molecule has 2 aromatic carbocycles. The van der Waals surface area contributed by atoms with Crippen LogP contribution in [0.3, 0.4) is 0 Å². The van der Waals surface area contributed by atoms with E-state index < -0.39 is 0 Å². The first kappa shape index (κ1) is 22.5. The molecule has 0 saturated carbocycles. The fourth-order valence-corrected chi connectivity index (χ4v) is 4.34. The van der Waals surface area contributed by atoms with Crippen molar-refractivity contribution in [1.29, 1.82) is 0 Å². The van der Waals surface area contributed by atoms with Crippen molar-refractivity contribution in [1.82, 2.24) is 19.7 Å². The summed E-state index contributed by atoms with van der Waals surface area (Å²) in [6.07, 6.45) is 1.45. The molecule has 8 heteroatoms. The van der Waals surface area contributed by atoms with E-state index in [9.17, 15) is 4.79 Å². The van der Waals surface area contributed by atoms with Crippen LogP contribution in [0.25, 0.3) is 16.3 Å². The Morgan fingerprint density at radius 2 is 1.74 bits per heavy atom. The number of nitrogens with one attached hydrogen (secondary N) is 1. The van der Waals surface area contributed by atoms with E-state index in [4.69, 9.17) is 4.74 Å². The molecule has 1 N–H and O–H groups in total. The molecule has 0 aliphatic rings. The van der Waals surface area contributed by atoms with Gasteiger partial charge in [0.1, 0.15) is 12.1 Å². The van der Waals surface area contributed by atoms with Crippen molar-refractivity contribution in [3.63, 3.8) is 0 Å². The van der Waals surface area contributed by atoms with Crippen LogP contribution in [0.4, 0.5) is 5.69 Å². The summed E-state index contributed by atoms with van der Waals surface area (Å²) >= 11 is 1.67. The van der Waals surface area contributed by atoms with Crippen LogP contribution in [0.15, 0.2) is 78.4 Å². The lowest BCUT2D eigenvalue weighted by Gasteiger charge is -2.09. The van der Waals surface area contributed by atoms with Crippen molar-refractivity contribution in [2.24, 2.45) is 0 Å². The van der Waals surface area contributed by atoms with Crippen molar-refractivity contribution in [3.8, 4) is 27.9 Å². The number of anilines is 1. The van der Waals surface area contributed by atoms with Crippen molar-refractivity contribution in [3.05, 3.63) is 101 Å². The highest BCUT2D eigenvalue weighted by Gasteiger charge is 2.12. The monoisotopic (exact) mass is 481 g/mol. The number of aryl methyl sites for hydroxylation is 1. The summed E-state index contributed by atoms with van der Waals surface area (Å²) in [6.45, 7) is 6.01. The lowest BCUT2D eigenvalue weighted by Crippen LogP contribution is -2.11. The van der Waals surface area contributed by atoms with E-state index in [1.54, 1.807) is 46.4 Å². The van der Waals surface area contributed by atoms with E-state index in [0.717, 1.165) is 22.5 Å². The summed E-state index contributed by atoms with van der Waals surface area (Å²) in [6, 6.07) is 20.6. The van der Waals surface area contributed by atoms with Gasteiger partial charge in [0, 0.05) is 27.9 Å². The Morgan fingerprint density at radius 3 is 2.40 bits per heavy atom. The summed E-state index contributed by atoms with van der Waals surface area (Å²) in [5.41, 5.74) is 5.47. The minimum Gasteiger partial charge on any atom is -0.439 e. The Hall–Kier alpha value is -4.30. The van der Waals surface area contributed by atoms with E-state index in [2.05, 4.69) is 26.4 Å². The SMILES string of the molecule is Cc1nn(-c2cc(Oc3ccc(NC(=O)c4ccc(-c5cccs5)cc4)cc3)ncn2)c(C)c1C. The van der Waals surface area contributed by atoms with Gasteiger partial charge < -0.3 is 10.1 Å². The van der Waals surface area contributed by atoms with Gasteiger partial charge in [-0.1, -0.05) is 18.2 Å². The fourth-order valence-electron chi connectivity index (χ4n) is 3.60. The zero-order valence-electron chi connectivity index (χ0n) is 19.5. The molecular weight excluding hydrogens is 458 g/mol. The number of benzene rings is 2. The fraction of sp³-hybridized carbons (Fsp3) is 0.111. The predicted molar refractivity (Wildman–Crippen MR) is 138 cm³/mol. The molecule has 0 aliphatic carbocycles. The highest BCUT2D eigenvalue weighted by atomic mass is 32.1. The van der Waals surface area contributed by atoms with Crippen LogP contribution in [0.1, 0.15) is 27.3 Å². The van der Waals surface area contributed by atoms with Gasteiger partial charge in [-0.2, -0.15) is 5.10 Å². The van der Waals surface area contributed by atoms with Crippen molar-refractivity contribution in [2.75, 3.05) is 5.32 Å². The molecule has 0 bridgehead atoms. The lowest BCUT2D eigenvalue weighted by molar-refractivity contribution is 0.102. The number of rotatable bonds is 6. The Bertz CT molecular complexity index is 1470. The number of carbonyl (C=O) groups excluding carboxylic acids is 1. The van der Waals surface area contributed by atoms with Gasteiger partial charge in [0.05, 0.1) is 5.69 Å². The molecule has 0 unspecified atom stereocenters. The number of ether oxygens (including phenoxy) is 1. The largest absolute Gasteiger partial charge is 0.439 e. The zero-order chi connectivity index (χ0) is 24.4. The van der Waals surface area contributed by atoms with Gasteiger partial charge >= 0.3 is 0 Å². The third kappa shape index (κ3) is 4.83. The van der Waals surface area contributed by atoms with E-state index in [0.29, 0.717) is 28.7 Å². The molecule has 0 saturated heterocycles. The van der Waals surface area contributed by atoms with Crippen LogP contribution in [-0.4, -0.2) is 25.7 Å². The third-order valence-corrected chi connectivity index (χ3v) is 6.70. The topological polar surface area (TPSA) is 81.9 Å². The predicted octanol–water partition coefficient (Wildman–Crippen LogP) is 6.36. The maximum Gasteiger partial charge on any atom is 0.255 e. The van der Waals surface area contributed by atoms with Gasteiger partial charge in [-0.3, -0.25) is 4.79 Å². The molecule has 3 heterocycles. The van der Waals surface area contributed by atoms with Crippen molar-refractivity contribution < 1.29 is 9.53 Å². The number of carbonyl (C=O) groups is 1. The minimum absolute atomic E-state index is 0.169. The van der Waals surface area contributed by atoms with Gasteiger partial charge in [-0.25, -0.2) is 14.6 Å². The molecule has 35 heavy (non-hydrogen) atoms. The van der Waals surface area contributed by atoms with Crippen LogP contribution in [0.5, 0.6) is 11.6 Å². The van der Waals surface area contributed by atoms with E-state index in [-0.39, 0.29) is 5.91 Å². The van der Waals surface area contributed by atoms with Gasteiger partial charge in [0.15, 0.2) is 5.82 Å². The van der Waals surface area contributed by atoms with Gasteiger partial charge in [0.25, 0.3) is 5.91 Å². The average molecular weight is 482 g/mol. The Labute approximate surface area is 207 Å². The van der Waals surface area contributed by atoms with Crippen LogP contribution in [0.2, 0.25) is 0 Å². The first-order valence-electron chi connectivity index (χ1n) is 11.1. The molecule has 0 fully saturated rings. The number of thiophene rings is 1. The number of aromatic nitrogens is 4. The van der Waals surface area contributed by atoms with Gasteiger partial charge in [-0.05, 0) is 79.7 Å². The summed E-state index contributed by atoms with van der Waals surface area (Å²) < 4.78 is 7.69. The van der Waals surface area contributed by atoms with Crippen LogP contribution in [-0.2, 0) is 0 Å².